The van der Waals surface area contributed by atoms with Crippen LogP contribution in [0, 0.1) is 0 Å². The van der Waals surface area contributed by atoms with E-state index in [1.165, 1.54) is 6.42 Å². The summed E-state index contributed by atoms with van der Waals surface area (Å²) in [6.07, 6.45) is 2.35. The Labute approximate surface area is 129 Å². The minimum atomic E-state index is 0.167. The third-order valence-electron chi connectivity index (χ3n) is 3.76. The van der Waals surface area contributed by atoms with Crippen LogP contribution >= 0.6 is 15.9 Å². The number of methoxy groups -OCH3 is 1. The van der Waals surface area contributed by atoms with Gasteiger partial charge in [0.2, 0.25) is 0 Å². The third kappa shape index (κ3) is 3.65. The van der Waals surface area contributed by atoms with Crippen LogP contribution in [-0.4, -0.2) is 42.8 Å². The predicted octanol–water partition coefficient (Wildman–Crippen LogP) is 2.74. The molecule has 1 unspecified atom stereocenters. The number of phenolic OH excluding ortho intramolecular Hbond substituents is 1. The Bertz CT molecular complexity index is 448. The highest BCUT2D eigenvalue weighted by Crippen LogP contribution is 2.35. The molecule has 1 aliphatic heterocycles. The maximum absolute atomic E-state index is 9.88. The van der Waals surface area contributed by atoms with Crippen LogP contribution < -0.4 is 10.1 Å². The van der Waals surface area contributed by atoms with Crippen molar-refractivity contribution in [2.45, 2.75) is 32.4 Å². The standard InChI is InChI=1S/C15H23BrN2O2/c1-3-6-18(12-4-5-17-9-12)10-11-7-13(16)15(19)14(8-11)20-2/h7-8,12,17,19H,3-6,9-10H2,1-2H3. The fourth-order valence-electron chi connectivity index (χ4n) is 2.74. The summed E-state index contributed by atoms with van der Waals surface area (Å²) in [5.41, 5.74) is 1.16. The maximum atomic E-state index is 9.88. The van der Waals surface area contributed by atoms with E-state index in [-0.39, 0.29) is 5.75 Å². The number of halogens is 1. The first-order valence-electron chi connectivity index (χ1n) is 7.15. The van der Waals surface area contributed by atoms with E-state index in [9.17, 15) is 5.11 Å². The molecule has 4 nitrogen and oxygen atoms in total. The molecule has 1 aliphatic rings. The molecule has 0 aromatic heterocycles. The summed E-state index contributed by atoms with van der Waals surface area (Å²) >= 11 is 3.39. The van der Waals surface area contributed by atoms with Crippen LogP contribution in [0.25, 0.3) is 0 Å². The molecule has 5 heteroatoms. The molecule has 0 radical (unpaired) electrons. The third-order valence-corrected chi connectivity index (χ3v) is 4.36. The number of ether oxygens (including phenoxy) is 1. The fraction of sp³-hybridized carbons (Fsp3) is 0.600. The smallest absolute Gasteiger partial charge is 0.172 e. The highest BCUT2D eigenvalue weighted by atomic mass is 79.9. The van der Waals surface area contributed by atoms with Gasteiger partial charge in [-0.05, 0) is 59.6 Å². The van der Waals surface area contributed by atoms with Gasteiger partial charge in [0.05, 0.1) is 11.6 Å². The van der Waals surface area contributed by atoms with Gasteiger partial charge in [-0.2, -0.15) is 0 Å². The molecule has 1 aromatic rings. The average Bonchev–Trinajstić information content (AvgIpc) is 2.96. The number of benzene rings is 1. The number of nitrogens with one attached hydrogen (secondary N) is 1. The van der Waals surface area contributed by atoms with Crippen molar-refractivity contribution in [2.24, 2.45) is 0 Å². The lowest BCUT2D eigenvalue weighted by Gasteiger charge is -2.28. The molecular formula is C15H23BrN2O2. The Kier molecular flexibility index (Phi) is 5.69. The lowest BCUT2D eigenvalue weighted by Crippen LogP contribution is -2.36. The summed E-state index contributed by atoms with van der Waals surface area (Å²) in [4.78, 5) is 2.51. The molecule has 0 bridgehead atoms. The van der Waals surface area contributed by atoms with Crippen LogP contribution in [0.1, 0.15) is 25.3 Å². The first-order chi connectivity index (χ1) is 9.65. The molecule has 0 spiro atoms. The Balaban J connectivity index is 2.15. The van der Waals surface area contributed by atoms with E-state index in [1.54, 1.807) is 7.11 Å². The van der Waals surface area contributed by atoms with E-state index in [4.69, 9.17) is 4.74 Å². The number of hydrogen-bond donors (Lipinski definition) is 2. The largest absolute Gasteiger partial charge is 0.503 e. The van der Waals surface area contributed by atoms with Gasteiger partial charge < -0.3 is 15.2 Å². The van der Waals surface area contributed by atoms with Crippen molar-refractivity contribution in [2.75, 3.05) is 26.7 Å². The van der Waals surface area contributed by atoms with Gasteiger partial charge >= 0.3 is 0 Å². The molecular weight excluding hydrogens is 320 g/mol. The van der Waals surface area contributed by atoms with Gasteiger partial charge in [-0.25, -0.2) is 0 Å². The highest BCUT2D eigenvalue weighted by molar-refractivity contribution is 9.10. The topological polar surface area (TPSA) is 44.7 Å². The second-order valence-electron chi connectivity index (χ2n) is 5.25. The number of aromatic hydroxyl groups is 1. The molecule has 1 saturated heterocycles. The van der Waals surface area contributed by atoms with Crippen molar-refractivity contribution >= 4 is 15.9 Å². The van der Waals surface area contributed by atoms with Crippen LogP contribution in [0.5, 0.6) is 11.5 Å². The zero-order valence-corrected chi connectivity index (χ0v) is 13.7. The molecule has 20 heavy (non-hydrogen) atoms. The SMILES string of the molecule is CCCN(Cc1cc(Br)c(O)c(OC)c1)C1CCNC1. The van der Waals surface area contributed by atoms with E-state index >= 15 is 0 Å². The Morgan fingerprint density at radius 3 is 2.90 bits per heavy atom. The van der Waals surface area contributed by atoms with Crippen molar-refractivity contribution in [3.8, 4) is 11.5 Å². The van der Waals surface area contributed by atoms with E-state index in [0.717, 1.165) is 38.2 Å². The Morgan fingerprint density at radius 2 is 2.30 bits per heavy atom. The summed E-state index contributed by atoms with van der Waals surface area (Å²) in [5.74, 6) is 0.691. The lowest BCUT2D eigenvalue weighted by atomic mass is 10.1. The predicted molar refractivity (Wildman–Crippen MR) is 84.3 cm³/mol. The van der Waals surface area contributed by atoms with Gasteiger partial charge in [0.25, 0.3) is 0 Å². The van der Waals surface area contributed by atoms with Crippen molar-refractivity contribution in [3.05, 3.63) is 22.2 Å². The fourth-order valence-corrected chi connectivity index (χ4v) is 3.23. The zero-order chi connectivity index (χ0) is 14.5. The zero-order valence-electron chi connectivity index (χ0n) is 12.2. The highest BCUT2D eigenvalue weighted by Gasteiger charge is 2.22. The number of phenols is 1. The van der Waals surface area contributed by atoms with Crippen LogP contribution in [0.15, 0.2) is 16.6 Å². The lowest BCUT2D eigenvalue weighted by molar-refractivity contribution is 0.199. The van der Waals surface area contributed by atoms with Crippen LogP contribution in [0.3, 0.4) is 0 Å². The first-order valence-corrected chi connectivity index (χ1v) is 7.95. The minimum absolute atomic E-state index is 0.167. The molecule has 0 amide bonds. The van der Waals surface area contributed by atoms with Gasteiger partial charge in [0.1, 0.15) is 0 Å². The van der Waals surface area contributed by atoms with Crippen molar-refractivity contribution in [3.63, 3.8) is 0 Å². The van der Waals surface area contributed by atoms with E-state index < -0.39 is 0 Å². The molecule has 0 aliphatic carbocycles. The molecule has 1 atom stereocenters. The van der Waals surface area contributed by atoms with E-state index in [0.29, 0.717) is 16.3 Å². The van der Waals surface area contributed by atoms with Gasteiger partial charge in [0.15, 0.2) is 11.5 Å². The monoisotopic (exact) mass is 342 g/mol. The van der Waals surface area contributed by atoms with E-state index in [1.807, 2.05) is 12.1 Å². The van der Waals surface area contributed by atoms with Crippen molar-refractivity contribution < 1.29 is 9.84 Å². The molecule has 1 heterocycles. The molecule has 1 fully saturated rings. The summed E-state index contributed by atoms with van der Waals surface area (Å²) in [6.45, 7) is 6.36. The Morgan fingerprint density at radius 1 is 1.50 bits per heavy atom. The first kappa shape index (κ1) is 15.6. The maximum Gasteiger partial charge on any atom is 0.172 e. The van der Waals surface area contributed by atoms with Crippen molar-refractivity contribution in [1.29, 1.82) is 0 Å². The number of nitrogens with zero attached hydrogens (tertiary/aromatic N) is 1. The van der Waals surface area contributed by atoms with E-state index in [2.05, 4.69) is 33.1 Å². The molecule has 2 N–H and O–H groups in total. The molecule has 112 valence electrons. The summed E-state index contributed by atoms with van der Waals surface area (Å²) in [7, 11) is 1.58. The van der Waals surface area contributed by atoms with Crippen molar-refractivity contribution in [1.82, 2.24) is 10.2 Å². The minimum Gasteiger partial charge on any atom is -0.503 e. The van der Waals surface area contributed by atoms with Gasteiger partial charge in [-0.3, -0.25) is 4.90 Å². The average molecular weight is 343 g/mol. The van der Waals surface area contributed by atoms with Gasteiger partial charge in [-0.1, -0.05) is 6.92 Å². The second kappa shape index (κ2) is 7.29. The van der Waals surface area contributed by atoms with Gasteiger partial charge in [0, 0.05) is 19.1 Å². The van der Waals surface area contributed by atoms with Gasteiger partial charge in [-0.15, -0.1) is 0 Å². The molecule has 1 aromatic carbocycles. The van der Waals surface area contributed by atoms with Crippen LogP contribution in [0.4, 0.5) is 0 Å². The summed E-state index contributed by atoms with van der Waals surface area (Å²) in [6, 6.07) is 4.50. The second-order valence-corrected chi connectivity index (χ2v) is 6.10. The van der Waals surface area contributed by atoms with Crippen LogP contribution in [0.2, 0.25) is 0 Å². The number of hydrogen-bond acceptors (Lipinski definition) is 4. The Hall–Kier alpha value is -0.780. The summed E-state index contributed by atoms with van der Waals surface area (Å²) < 4.78 is 5.91. The summed E-state index contributed by atoms with van der Waals surface area (Å²) in [5, 5.41) is 13.3. The normalized spacial score (nSPS) is 18.7. The quantitative estimate of drug-likeness (QED) is 0.834. The molecule has 0 saturated carbocycles. The molecule has 2 rings (SSSR count). The van der Waals surface area contributed by atoms with Crippen LogP contribution in [-0.2, 0) is 6.54 Å². The number of rotatable bonds is 6.